The van der Waals surface area contributed by atoms with Gasteiger partial charge < -0.3 is 178 Å². The summed E-state index contributed by atoms with van der Waals surface area (Å²) in [7, 11) is 21.9. The summed E-state index contributed by atoms with van der Waals surface area (Å²) in [6.07, 6.45) is 0. The van der Waals surface area contributed by atoms with Crippen LogP contribution in [-0.4, -0.2) is 140 Å². The molecule has 0 spiro atoms. The number of hydrogen-bond donors (Lipinski definition) is 0. The van der Waals surface area contributed by atoms with E-state index in [-0.39, 0.29) is 21.1 Å². The minimum absolute atomic E-state index is 0. The van der Waals surface area contributed by atoms with Crippen molar-refractivity contribution in [1.82, 2.24) is 29.4 Å². The first-order valence-corrected chi connectivity index (χ1v) is 14.1. The van der Waals surface area contributed by atoms with Gasteiger partial charge in [0.25, 0.3) is 0 Å². The molecule has 0 radical (unpaired) electrons. The summed E-state index contributed by atoms with van der Waals surface area (Å²) in [6.45, 7) is 0. The monoisotopic (exact) mass is 818 g/mol. The molecule has 0 aliphatic heterocycles. The van der Waals surface area contributed by atoms with Crippen molar-refractivity contribution in [2.45, 2.75) is 0 Å². The Morgan fingerprint density at radius 2 is 0.324 bits per heavy atom. The van der Waals surface area contributed by atoms with Crippen molar-refractivity contribution < 1.29 is 21.1 Å². The summed E-state index contributed by atoms with van der Waals surface area (Å²) in [6, 6.07) is 0. The van der Waals surface area contributed by atoms with E-state index in [0.717, 1.165) is 0 Å². The molecule has 0 saturated carbocycles. The fourth-order valence-electron chi connectivity index (χ4n) is 0. The number of hydrogen-bond acceptors (Lipinski definition) is 12. The molecule has 0 unspecified atom stereocenters. The van der Waals surface area contributed by atoms with Crippen molar-refractivity contribution in [2.24, 2.45) is 0 Å². The molecule has 37 heavy (non-hydrogen) atoms. The van der Waals surface area contributed by atoms with Crippen LogP contribution in [0.5, 0.6) is 0 Å². The third kappa shape index (κ3) is 72.6. The Morgan fingerprint density at radius 3 is 0.324 bits per heavy atom. The second kappa shape index (κ2) is 35.4. The van der Waals surface area contributed by atoms with Gasteiger partial charge in [0.05, 0.1) is 0 Å². The maximum atomic E-state index is 4.56. The van der Waals surface area contributed by atoms with Crippen molar-refractivity contribution in [3.63, 3.8) is 0 Å². The van der Waals surface area contributed by atoms with Crippen molar-refractivity contribution in [3.05, 3.63) is 0 Å². The summed E-state index contributed by atoms with van der Waals surface area (Å²) >= 11 is 54.7. The number of nitrogens with zero attached hydrogens (tertiary/aromatic N) is 6. The molecular weight excluding hydrogens is 781 g/mol. The zero-order valence-electron chi connectivity index (χ0n) is 23.0. The van der Waals surface area contributed by atoms with E-state index in [1.165, 1.54) is 0 Å². The second-order valence-corrected chi connectivity index (χ2v) is 13.2. The van der Waals surface area contributed by atoms with Gasteiger partial charge in [0.2, 0.25) is 0 Å². The minimum atomic E-state index is 0. The van der Waals surface area contributed by atoms with Gasteiger partial charge in [0, 0.05) is 106 Å². The molecule has 0 rings (SSSR count). The molecule has 0 aliphatic carbocycles. The normalized spacial score (nSPS) is 7.46. The van der Waals surface area contributed by atoms with Gasteiger partial charge in [0.1, 0.15) is 0 Å². The van der Waals surface area contributed by atoms with Gasteiger partial charge in [-0.05, 0) is 0 Å². The molecule has 0 aromatic carbocycles. The first-order chi connectivity index (χ1) is 15.9. The van der Waals surface area contributed by atoms with E-state index in [4.69, 9.17) is 0 Å². The molecule has 0 heterocycles. The molecule has 222 valence electrons. The third-order valence-electron chi connectivity index (χ3n) is 2.19. The molecule has 0 fully saturated rings. The predicted octanol–water partition coefficient (Wildman–Crippen LogP) is 2.28. The van der Waals surface area contributed by atoms with E-state index < -0.39 is 0 Å². The molecule has 0 aromatic heterocycles. The van der Waals surface area contributed by atoms with Gasteiger partial charge in [-0.15, -0.1) is 0 Å². The minimum Gasteiger partial charge on any atom is -0.411 e. The Kier molecular flexibility index (Phi) is 52.0. The molecule has 6 nitrogen and oxygen atoms in total. The van der Waals surface area contributed by atoms with Crippen molar-refractivity contribution in [1.29, 1.82) is 0 Å². The zero-order valence-corrected chi connectivity index (χ0v) is 34.8. The van der Waals surface area contributed by atoms with E-state index >= 15 is 0 Å². The van der Waals surface area contributed by atoms with E-state index in [2.05, 4.69) is 149 Å². The zero-order chi connectivity index (χ0) is 30.9. The third-order valence-corrected chi connectivity index (χ3v) is 6.57. The Hall–Kier alpha value is 1.35. The number of rotatable bonds is 0. The van der Waals surface area contributed by atoms with Gasteiger partial charge in [-0.1, -0.05) is 25.9 Å². The molecule has 0 aromatic rings. The average Bonchev–Trinajstić information content (AvgIpc) is 2.69. The summed E-state index contributed by atoms with van der Waals surface area (Å²) < 4.78 is 3.06. The van der Waals surface area contributed by atoms with Crippen LogP contribution in [0.15, 0.2) is 0 Å². The maximum absolute atomic E-state index is 4.56. The molecule has 0 atom stereocenters. The molecular formula is C18H36MoN6S12-6. The van der Waals surface area contributed by atoms with Crippen LogP contribution in [0.1, 0.15) is 0 Å². The SMILES string of the molecule is CN(C)C(=S)[S-].CN(C)C(=S)[S-].CN(C)C(=S)[S-].CN(C)C(=S)[S-].CN(C)C(=S)[S-].CN(C)C(=S)[S-].[Mo]. The quantitative estimate of drug-likeness (QED) is 0.203. The fourth-order valence-corrected chi connectivity index (χ4v) is 0. The summed E-state index contributed by atoms with van der Waals surface area (Å²) in [4.78, 5) is 10.3. The van der Waals surface area contributed by atoms with Crippen LogP contribution in [0, 0.1) is 0 Å². The molecule has 0 N–H and O–H groups in total. The van der Waals surface area contributed by atoms with Gasteiger partial charge >= 0.3 is 0 Å². The molecule has 0 aliphatic rings. The van der Waals surface area contributed by atoms with E-state index in [1.807, 2.05) is 84.6 Å². The molecule has 19 heteroatoms. The number of thiocarbonyl (C=S) groups is 6. The van der Waals surface area contributed by atoms with Crippen LogP contribution in [0.2, 0.25) is 0 Å². The van der Waals surface area contributed by atoms with Crippen molar-refractivity contribution in [3.8, 4) is 0 Å². The Balaban J connectivity index is -0.0000000581. The summed E-state index contributed by atoms with van der Waals surface area (Å²) in [5.41, 5.74) is 0. The largest absolute Gasteiger partial charge is 0.411 e. The van der Waals surface area contributed by atoms with Crippen molar-refractivity contribution in [2.75, 3.05) is 84.6 Å². The van der Waals surface area contributed by atoms with Gasteiger partial charge in [-0.3, -0.25) is 0 Å². The Bertz CT molecular complexity index is 505. The smallest absolute Gasteiger partial charge is 0.00456 e. The van der Waals surface area contributed by atoms with Crippen molar-refractivity contribution >= 4 is 175 Å². The topological polar surface area (TPSA) is 19.4 Å². The van der Waals surface area contributed by atoms with Gasteiger partial charge in [0.15, 0.2) is 0 Å². The van der Waals surface area contributed by atoms with Crippen LogP contribution in [0.3, 0.4) is 0 Å². The van der Waals surface area contributed by atoms with E-state index in [1.54, 1.807) is 29.4 Å². The second-order valence-electron chi connectivity index (χ2n) is 6.96. The summed E-state index contributed by atoms with van der Waals surface area (Å²) in [5, 5.41) is 0. The van der Waals surface area contributed by atoms with Crippen LogP contribution in [0.25, 0.3) is 0 Å². The van der Waals surface area contributed by atoms with Crippen LogP contribution < -0.4 is 0 Å². The maximum Gasteiger partial charge on any atom is 0.00456 e. The van der Waals surface area contributed by atoms with Crippen LogP contribution in [0.4, 0.5) is 0 Å². The van der Waals surface area contributed by atoms with Gasteiger partial charge in [-0.2, -0.15) is 0 Å². The van der Waals surface area contributed by atoms with E-state index in [0.29, 0.717) is 25.9 Å². The average molecular weight is 817 g/mol. The molecule has 0 bridgehead atoms. The predicted molar refractivity (Wildman–Crippen MR) is 202 cm³/mol. The van der Waals surface area contributed by atoms with Gasteiger partial charge in [-0.25, -0.2) is 0 Å². The molecule has 0 amide bonds. The Morgan fingerprint density at radius 1 is 0.297 bits per heavy atom. The first-order valence-electron chi connectivity index (χ1n) is 9.16. The Labute approximate surface area is 306 Å². The standard InChI is InChI=1S/6C3H7NS2.Mo/c6*1-4(2)3(5)6;/h6*1-2H3,(H,5,6);/p-6. The first kappa shape index (κ1) is 54.4. The molecule has 0 saturated heterocycles. The fraction of sp³-hybridized carbons (Fsp3) is 0.667. The van der Waals surface area contributed by atoms with Crippen LogP contribution >= 0.6 is 73.3 Å². The summed E-state index contributed by atoms with van der Waals surface area (Å²) in [5.74, 6) is 0. The van der Waals surface area contributed by atoms with E-state index in [9.17, 15) is 0 Å². The van der Waals surface area contributed by atoms with Crippen LogP contribution in [-0.2, 0) is 96.8 Å².